The van der Waals surface area contributed by atoms with Crippen molar-refractivity contribution < 1.29 is 34.9 Å². The van der Waals surface area contributed by atoms with Gasteiger partial charge in [0.2, 0.25) is 17.1 Å². The summed E-state index contributed by atoms with van der Waals surface area (Å²) in [5, 5.41) is 68.7. The molecule has 0 spiro atoms. The highest BCUT2D eigenvalue weighted by molar-refractivity contribution is 5.91. The number of hydrogen-bond donors (Lipinski definition) is 6. The first-order valence-electron chi connectivity index (χ1n) is 9.46. The zero-order valence-electron chi connectivity index (χ0n) is 16.7. The Morgan fingerprint density at radius 3 is 2.53 bits per heavy atom. The Kier molecular flexibility index (Phi) is 4.32. The van der Waals surface area contributed by atoms with Crippen LogP contribution < -0.4 is 10.7 Å². The number of rotatable bonds is 3. The molecule has 1 aliphatic rings. The minimum atomic E-state index is -1.45. The van der Waals surface area contributed by atoms with Gasteiger partial charge in [0.1, 0.15) is 23.2 Å². The van der Waals surface area contributed by atoms with Gasteiger partial charge in [-0.25, -0.2) is 4.68 Å². The van der Waals surface area contributed by atoms with Crippen molar-refractivity contribution in [3.63, 3.8) is 0 Å². The summed E-state index contributed by atoms with van der Waals surface area (Å²) in [6.07, 6.45) is 2.14. The number of phenolic OH excluding ortho intramolecular Hbond substituents is 4. The molecule has 0 aliphatic carbocycles. The van der Waals surface area contributed by atoms with Crippen LogP contribution in [0, 0.1) is 10.1 Å². The highest BCUT2D eigenvalue weighted by Gasteiger charge is 2.39. The second-order valence-corrected chi connectivity index (χ2v) is 7.25. The number of phenols is 4. The van der Waals surface area contributed by atoms with E-state index in [-0.39, 0.29) is 17.1 Å². The van der Waals surface area contributed by atoms with Gasteiger partial charge >= 0.3 is 0 Å². The Morgan fingerprint density at radius 1 is 1.06 bits per heavy atom. The second kappa shape index (κ2) is 7.13. The van der Waals surface area contributed by atoms with Crippen LogP contribution in [0.3, 0.4) is 0 Å². The molecule has 0 fully saturated rings. The maximum Gasteiger partial charge on any atom is 0.291 e. The van der Waals surface area contributed by atoms with Gasteiger partial charge in [-0.1, -0.05) is 0 Å². The van der Waals surface area contributed by atoms with Crippen LogP contribution in [-0.2, 0) is 0 Å². The van der Waals surface area contributed by atoms with Crippen LogP contribution in [0.15, 0.2) is 51.7 Å². The molecule has 172 valence electrons. The smallest absolute Gasteiger partial charge is 0.291 e. The molecule has 0 amide bonds. The fourth-order valence-corrected chi connectivity index (χ4v) is 3.78. The lowest BCUT2D eigenvalue weighted by Gasteiger charge is -2.22. The Balaban J connectivity index is 1.90. The summed E-state index contributed by atoms with van der Waals surface area (Å²) in [4.78, 5) is 28.0. The third-order valence-corrected chi connectivity index (χ3v) is 5.31. The first-order valence-corrected chi connectivity index (χ1v) is 9.46. The van der Waals surface area contributed by atoms with E-state index < -0.39 is 67.6 Å². The van der Waals surface area contributed by atoms with Crippen LogP contribution in [0.25, 0.3) is 22.3 Å². The monoisotopic (exact) mass is 467 g/mol. The molecule has 5 rings (SSSR count). The van der Waals surface area contributed by atoms with Crippen molar-refractivity contribution in [2.75, 3.05) is 5.32 Å². The van der Waals surface area contributed by atoms with E-state index in [1.54, 1.807) is 0 Å². The van der Waals surface area contributed by atoms with Crippen LogP contribution in [-0.4, -0.2) is 45.2 Å². The summed E-state index contributed by atoms with van der Waals surface area (Å²) in [7, 11) is 0. The van der Waals surface area contributed by atoms with E-state index >= 15 is 0 Å². The van der Waals surface area contributed by atoms with Crippen LogP contribution in [0.2, 0.25) is 0 Å². The molecule has 14 nitrogen and oxygen atoms in total. The summed E-state index contributed by atoms with van der Waals surface area (Å²) in [5.41, 5.74) is -2.45. The van der Waals surface area contributed by atoms with Crippen LogP contribution in [0.1, 0.15) is 11.6 Å². The van der Waals surface area contributed by atoms with Crippen LogP contribution in [0.4, 0.5) is 5.95 Å². The van der Waals surface area contributed by atoms with Gasteiger partial charge in [-0.15, -0.1) is 0 Å². The highest BCUT2D eigenvalue weighted by atomic mass is 16.6. The first-order chi connectivity index (χ1) is 16.2. The van der Waals surface area contributed by atoms with Gasteiger partial charge in [-0.2, -0.15) is 10.1 Å². The van der Waals surface area contributed by atoms with Gasteiger partial charge in [-0.05, 0) is 18.2 Å². The maximum atomic E-state index is 13.0. The summed E-state index contributed by atoms with van der Waals surface area (Å²) in [6, 6.07) is 2.65. The summed E-state index contributed by atoms with van der Waals surface area (Å²) in [6.45, 7) is 0. The zero-order valence-corrected chi connectivity index (χ0v) is 16.7. The number of benzene rings is 2. The molecule has 2 aromatic carbocycles. The number of aromatic nitrogens is 3. The molecule has 0 saturated heterocycles. The molecule has 4 aromatic rings. The molecule has 34 heavy (non-hydrogen) atoms. The van der Waals surface area contributed by atoms with Crippen molar-refractivity contribution in [2.45, 2.75) is 6.04 Å². The summed E-state index contributed by atoms with van der Waals surface area (Å²) < 4.78 is 6.80. The Morgan fingerprint density at radius 2 is 1.82 bits per heavy atom. The molecule has 0 saturated carbocycles. The predicted molar refractivity (Wildman–Crippen MR) is 113 cm³/mol. The van der Waals surface area contributed by atoms with Crippen molar-refractivity contribution in [3.05, 3.63) is 68.4 Å². The predicted octanol–water partition coefficient (Wildman–Crippen LogP) is 1.71. The number of allylic oxidation sites excluding steroid dienone is 1. The normalized spacial score (nSPS) is 14.9. The topological polar surface area (TPSA) is 217 Å². The van der Waals surface area contributed by atoms with Gasteiger partial charge in [0.05, 0.1) is 16.7 Å². The number of anilines is 1. The average Bonchev–Trinajstić information content (AvgIpc) is 3.26. The van der Waals surface area contributed by atoms with E-state index in [0.717, 1.165) is 35.4 Å². The molecule has 1 aliphatic heterocycles. The van der Waals surface area contributed by atoms with E-state index in [1.165, 1.54) is 6.07 Å². The number of hydrogen-bond acceptors (Lipinski definition) is 12. The Labute approximate surface area is 187 Å². The first kappa shape index (κ1) is 20.6. The van der Waals surface area contributed by atoms with Crippen molar-refractivity contribution in [2.24, 2.45) is 0 Å². The van der Waals surface area contributed by atoms with Crippen LogP contribution >= 0.6 is 0 Å². The summed E-state index contributed by atoms with van der Waals surface area (Å²) in [5.74, 6) is -3.82. The van der Waals surface area contributed by atoms with E-state index in [1.807, 2.05) is 0 Å². The van der Waals surface area contributed by atoms with Crippen molar-refractivity contribution in [3.8, 4) is 40.1 Å². The van der Waals surface area contributed by atoms with Gasteiger partial charge in [0, 0.05) is 11.6 Å². The van der Waals surface area contributed by atoms with Gasteiger partial charge in [-0.3, -0.25) is 14.9 Å². The van der Waals surface area contributed by atoms with Gasteiger partial charge < -0.3 is 35.3 Å². The van der Waals surface area contributed by atoms with Crippen molar-refractivity contribution >= 4 is 16.9 Å². The lowest BCUT2D eigenvalue weighted by atomic mass is 9.98. The second-order valence-electron chi connectivity index (χ2n) is 7.25. The zero-order chi connectivity index (χ0) is 24.3. The molecule has 0 bridgehead atoms. The lowest BCUT2D eigenvalue weighted by Crippen LogP contribution is -2.26. The molecule has 1 unspecified atom stereocenters. The van der Waals surface area contributed by atoms with Gasteiger partial charge in [0.25, 0.3) is 5.70 Å². The van der Waals surface area contributed by atoms with E-state index in [4.69, 9.17) is 4.42 Å². The minimum absolute atomic E-state index is 0.0441. The average molecular weight is 467 g/mol. The SMILES string of the molecule is O=c1c(O)c(-c2ccc(O)c(O)c2)oc2c(C3C([N+](=O)[O-])=CNc4ncnn43)c(O)cc(O)c12. The van der Waals surface area contributed by atoms with Crippen molar-refractivity contribution in [1.29, 1.82) is 0 Å². The lowest BCUT2D eigenvalue weighted by molar-refractivity contribution is -0.431. The quantitative estimate of drug-likeness (QED) is 0.144. The van der Waals surface area contributed by atoms with E-state index in [2.05, 4.69) is 15.4 Å². The Hall–Kier alpha value is -5.27. The van der Waals surface area contributed by atoms with E-state index in [0.29, 0.717) is 0 Å². The standard InChI is InChI=1S/C20H13N5O9/c26-9-2-1-7(3-10(9)27)18-17(31)16(30)14-12(29)4-11(28)13(19(14)34-18)15-8(25(32)33)5-21-20-22-6-23-24(15)20/h1-6,15,26-29,31H,(H,21,22,23). The number of aromatic hydroxyl groups is 5. The third kappa shape index (κ3) is 2.85. The largest absolute Gasteiger partial charge is 0.507 e. The van der Waals surface area contributed by atoms with Gasteiger partial charge in [0.15, 0.2) is 28.9 Å². The summed E-state index contributed by atoms with van der Waals surface area (Å²) >= 11 is 0. The third-order valence-electron chi connectivity index (χ3n) is 5.31. The number of nitro groups is 1. The fourth-order valence-electron chi connectivity index (χ4n) is 3.78. The molecule has 14 heteroatoms. The van der Waals surface area contributed by atoms with E-state index in [9.17, 15) is 40.4 Å². The van der Waals surface area contributed by atoms with Crippen molar-refractivity contribution in [1.82, 2.24) is 14.8 Å². The molecule has 0 radical (unpaired) electrons. The molecular weight excluding hydrogens is 454 g/mol. The maximum absolute atomic E-state index is 13.0. The molecule has 3 heterocycles. The highest BCUT2D eigenvalue weighted by Crippen LogP contribution is 2.45. The number of nitrogens with one attached hydrogen (secondary N) is 1. The fraction of sp³-hybridized carbons (Fsp3) is 0.0500. The van der Waals surface area contributed by atoms with Crippen LogP contribution in [0.5, 0.6) is 28.7 Å². The molecule has 1 atom stereocenters. The molecule has 2 aromatic heterocycles. The number of nitrogens with zero attached hydrogens (tertiary/aromatic N) is 4. The number of fused-ring (bicyclic) bond motifs is 2. The Bertz CT molecular complexity index is 1600. The molecular formula is C20H13N5O9. The minimum Gasteiger partial charge on any atom is -0.507 e. The molecule has 6 N–H and O–H groups in total.